The van der Waals surface area contributed by atoms with Crippen LogP contribution in [-0.2, 0) is 17.9 Å². The Bertz CT molecular complexity index is 733. The predicted molar refractivity (Wildman–Crippen MR) is 80.0 cm³/mol. The van der Waals surface area contributed by atoms with Gasteiger partial charge in [-0.3, -0.25) is 14.9 Å². The van der Waals surface area contributed by atoms with Gasteiger partial charge in [0.15, 0.2) is 11.0 Å². The molecule has 0 fully saturated rings. The Labute approximate surface area is 143 Å². The van der Waals surface area contributed by atoms with Gasteiger partial charge in [0, 0.05) is 6.54 Å². The van der Waals surface area contributed by atoms with Gasteiger partial charge in [-0.25, -0.2) is 23.4 Å². The molecular formula is C12H15F4N7OS. The summed E-state index contributed by atoms with van der Waals surface area (Å²) in [6.07, 6.45) is -5.91. The number of alkyl halides is 4. The number of nitrogens with zero attached hydrogens (tertiary/aromatic N) is 5. The molecule has 0 spiro atoms. The van der Waals surface area contributed by atoms with Gasteiger partial charge in [0.2, 0.25) is 5.91 Å². The number of rotatable bonds is 8. The van der Waals surface area contributed by atoms with Crippen LogP contribution in [0.5, 0.6) is 0 Å². The number of nitrogens with two attached hydrogens (primary N) is 1. The van der Waals surface area contributed by atoms with Crippen molar-refractivity contribution in [2.75, 3.05) is 5.75 Å². The summed E-state index contributed by atoms with van der Waals surface area (Å²) < 4.78 is 53.9. The summed E-state index contributed by atoms with van der Waals surface area (Å²) in [7, 11) is 0. The van der Waals surface area contributed by atoms with E-state index in [9.17, 15) is 22.4 Å². The Morgan fingerprint density at radius 3 is 2.60 bits per heavy atom. The van der Waals surface area contributed by atoms with Crippen LogP contribution < -0.4 is 11.3 Å². The van der Waals surface area contributed by atoms with Crippen molar-refractivity contribution in [3.63, 3.8) is 0 Å². The average molecular weight is 381 g/mol. The molecule has 2 aromatic heterocycles. The lowest BCUT2D eigenvalue weighted by Crippen LogP contribution is -2.31. The van der Waals surface area contributed by atoms with Crippen LogP contribution in [0.25, 0.3) is 0 Å². The van der Waals surface area contributed by atoms with E-state index >= 15 is 0 Å². The number of amides is 1. The minimum absolute atomic E-state index is 0.00574. The van der Waals surface area contributed by atoms with Crippen molar-refractivity contribution >= 4 is 17.7 Å². The van der Waals surface area contributed by atoms with E-state index in [0.717, 1.165) is 16.4 Å². The number of aromatic nitrogens is 5. The largest absolute Gasteiger partial charge is 0.305 e. The highest BCUT2D eigenvalue weighted by Crippen LogP contribution is 2.26. The van der Waals surface area contributed by atoms with Crippen molar-refractivity contribution in [1.82, 2.24) is 30.0 Å². The summed E-state index contributed by atoms with van der Waals surface area (Å²) in [6, 6.07) is 0.670. The zero-order valence-electron chi connectivity index (χ0n) is 13.0. The molecule has 0 aliphatic rings. The molecule has 2 heterocycles. The Balaban J connectivity index is 2.25. The van der Waals surface area contributed by atoms with Crippen molar-refractivity contribution in [2.45, 2.75) is 38.0 Å². The van der Waals surface area contributed by atoms with Crippen molar-refractivity contribution in [3.8, 4) is 0 Å². The van der Waals surface area contributed by atoms with E-state index < -0.39 is 30.1 Å². The molecule has 2 rings (SSSR count). The first-order valence-electron chi connectivity index (χ1n) is 7.05. The summed E-state index contributed by atoms with van der Waals surface area (Å²) in [4.78, 5) is 11.2. The van der Waals surface area contributed by atoms with E-state index in [2.05, 4.69) is 15.3 Å². The molecule has 0 atom stereocenters. The standard InChI is InChI=1S/C12H15F4N7OS/c1-2-22-8(19-20-12(22)25-5-9(24)18-17)4-23-7(11(15)16)3-6(21-23)10(13)14/h3,10-11H,2,4-5,17H2,1H3,(H,18,24). The fourth-order valence-electron chi connectivity index (χ4n) is 2.03. The number of hydrogen-bond acceptors (Lipinski definition) is 6. The zero-order valence-corrected chi connectivity index (χ0v) is 13.8. The second-order valence-electron chi connectivity index (χ2n) is 4.75. The molecule has 0 radical (unpaired) electrons. The van der Waals surface area contributed by atoms with Gasteiger partial charge < -0.3 is 4.57 Å². The Hall–Kier alpha value is -2.15. The highest BCUT2D eigenvalue weighted by molar-refractivity contribution is 7.99. The lowest BCUT2D eigenvalue weighted by molar-refractivity contribution is -0.118. The smallest absolute Gasteiger partial charge is 0.282 e. The maximum absolute atomic E-state index is 13.0. The molecular weight excluding hydrogens is 366 g/mol. The number of hydrazine groups is 1. The Morgan fingerprint density at radius 2 is 2.04 bits per heavy atom. The molecule has 13 heteroatoms. The van der Waals surface area contributed by atoms with Gasteiger partial charge in [-0.2, -0.15) is 5.10 Å². The summed E-state index contributed by atoms with van der Waals surface area (Å²) >= 11 is 1.06. The molecule has 0 aromatic carbocycles. The fraction of sp³-hybridized carbons (Fsp3) is 0.500. The molecule has 25 heavy (non-hydrogen) atoms. The van der Waals surface area contributed by atoms with Crippen LogP contribution in [0.15, 0.2) is 11.2 Å². The predicted octanol–water partition coefficient (Wildman–Crippen LogP) is 1.50. The first kappa shape index (κ1) is 19.2. The highest BCUT2D eigenvalue weighted by atomic mass is 32.2. The Kier molecular flexibility index (Phi) is 6.36. The summed E-state index contributed by atoms with van der Waals surface area (Å²) in [5, 5.41) is 11.7. The maximum atomic E-state index is 13.0. The molecule has 0 unspecified atom stereocenters. The van der Waals surface area contributed by atoms with Gasteiger partial charge in [0.1, 0.15) is 17.9 Å². The van der Waals surface area contributed by atoms with Crippen molar-refractivity contribution in [3.05, 3.63) is 23.3 Å². The van der Waals surface area contributed by atoms with E-state index in [1.807, 2.05) is 5.43 Å². The van der Waals surface area contributed by atoms with Gasteiger partial charge in [-0.1, -0.05) is 11.8 Å². The third-order valence-electron chi connectivity index (χ3n) is 3.17. The SMILES string of the molecule is CCn1c(Cn2nc(C(F)F)cc2C(F)F)nnc1SCC(=O)NN. The lowest BCUT2D eigenvalue weighted by atomic mass is 10.3. The van der Waals surface area contributed by atoms with Crippen LogP contribution in [0, 0.1) is 0 Å². The second-order valence-corrected chi connectivity index (χ2v) is 5.69. The first-order valence-corrected chi connectivity index (χ1v) is 8.04. The molecule has 0 aliphatic heterocycles. The summed E-state index contributed by atoms with van der Waals surface area (Å²) in [5.74, 6) is 4.81. The van der Waals surface area contributed by atoms with Crippen molar-refractivity contribution in [2.24, 2.45) is 5.84 Å². The van der Waals surface area contributed by atoms with E-state index in [1.165, 1.54) is 0 Å². The average Bonchev–Trinajstić information content (AvgIpc) is 3.17. The molecule has 0 bridgehead atoms. The Morgan fingerprint density at radius 1 is 1.32 bits per heavy atom. The normalized spacial score (nSPS) is 11.5. The van der Waals surface area contributed by atoms with Crippen LogP contribution >= 0.6 is 11.8 Å². The summed E-state index contributed by atoms with van der Waals surface area (Å²) in [6.45, 7) is 1.90. The van der Waals surface area contributed by atoms with E-state index in [-0.39, 0.29) is 18.1 Å². The number of hydrogen-bond donors (Lipinski definition) is 2. The molecule has 0 aliphatic carbocycles. The number of thioether (sulfide) groups is 1. The van der Waals surface area contributed by atoms with Crippen LogP contribution in [0.1, 0.15) is 37.0 Å². The molecule has 138 valence electrons. The molecule has 2 aromatic rings. The fourth-order valence-corrected chi connectivity index (χ4v) is 2.86. The second kappa shape index (κ2) is 8.29. The van der Waals surface area contributed by atoms with E-state index in [0.29, 0.717) is 17.8 Å². The van der Waals surface area contributed by atoms with Crippen molar-refractivity contribution in [1.29, 1.82) is 0 Å². The zero-order chi connectivity index (χ0) is 18.6. The van der Waals surface area contributed by atoms with Crippen LogP contribution in [-0.4, -0.2) is 36.2 Å². The molecule has 3 N–H and O–H groups in total. The molecule has 0 saturated heterocycles. The van der Waals surface area contributed by atoms with Crippen LogP contribution in [0.3, 0.4) is 0 Å². The quantitative estimate of drug-likeness (QED) is 0.236. The summed E-state index contributed by atoms with van der Waals surface area (Å²) in [5.41, 5.74) is 0.610. The van der Waals surface area contributed by atoms with Crippen LogP contribution in [0.2, 0.25) is 0 Å². The monoisotopic (exact) mass is 381 g/mol. The lowest BCUT2D eigenvalue weighted by Gasteiger charge is -2.09. The first-order chi connectivity index (χ1) is 11.9. The van der Waals surface area contributed by atoms with E-state index in [4.69, 9.17) is 5.84 Å². The van der Waals surface area contributed by atoms with Gasteiger partial charge >= 0.3 is 0 Å². The van der Waals surface area contributed by atoms with Gasteiger partial charge in [0.25, 0.3) is 12.9 Å². The van der Waals surface area contributed by atoms with Crippen LogP contribution in [0.4, 0.5) is 17.6 Å². The van der Waals surface area contributed by atoms with Crippen molar-refractivity contribution < 1.29 is 22.4 Å². The molecule has 0 saturated carbocycles. The minimum atomic E-state index is -2.96. The highest BCUT2D eigenvalue weighted by Gasteiger charge is 2.23. The molecule has 1 amide bonds. The number of carbonyl (C=O) groups excluding carboxylic acids is 1. The van der Waals surface area contributed by atoms with E-state index in [1.54, 1.807) is 11.5 Å². The maximum Gasteiger partial charge on any atom is 0.282 e. The number of nitrogens with one attached hydrogen (secondary N) is 1. The number of carbonyl (C=O) groups is 1. The molecule has 8 nitrogen and oxygen atoms in total. The third-order valence-corrected chi connectivity index (χ3v) is 4.14. The van der Waals surface area contributed by atoms with Gasteiger partial charge in [0.05, 0.1) is 5.75 Å². The minimum Gasteiger partial charge on any atom is -0.305 e. The number of halogens is 4. The topological polar surface area (TPSA) is 104 Å². The third kappa shape index (κ3) is 4.48. The van der Waals surface area contributed by atoms with Gasteiger partial charge in [-0.05, 0) is 13.0 Å². The van der Waals surface area contributed by atoms with Gasteiger partial charge in [-0.15, -0.1) is 10.2 Å².